The number of methoxy groups -OCH3 is 2. The normalized spacial score (nSPS) is 18.9. The first-order valence-corrected chi connectivity index (χ1v) is 7.72. The van der Waals surface area contributed by atoms with Crippen LogP contribution in [0.25, 0.3) is 0 Å². The Kier molecular flexibility index (Phi) is 5.55. The fourth-order valence-corrected chi connectivity index (χ4v) is 3.44. The molecule has 20 heavy (non-hydrogen) atoms. The lowest BCUT2D eigenvalue weighted by atomic mass is 9.89. The van der Waals surface area contributed by atoms with E-state index in [0.717, 1.165) is 31.7 Å². The summed E-state index contributed by atoms with van der Waals surface area (Å²) >= 11 is 6.50. The van der Waals surface area contributed by atoms with Gasteiger partial charge in [-0.1, -0.05) is 18.5 Å². The lowest BCUT2D eigenvalue weighted by molar-refractivity contribution is 0.351. The molecule has 112 valence electrons. The number of halogens is 1. The molecule has 1 aliphatic rings. The van der Waals surface area contributed by atoms with Crippen LogP contribution in [0.1, 0.15) is 30.9 Å². The van der Waals surface area contributed by atoms with E-state index in [1.54, 1.807) is 14.2 Å². The summed E-state index contributed by atoms with van der Waals surface area (Å²) in [7, 11) is 3.29. The highest BCUT2D eigenvalue weighted by atomic mass is 35.5. The van der Waals surface area contributed by atoms with Gasteiger partial charge in [0.25, 0.3) is 0 Å². The molecule has 1 saturated heterocycles. The van der Waals surface area contributed by atoms with Crippen molar-refractivity contribution in [2.45, 2.75) is 32.6 Å². The van der Waals surface area contributed by atoms with Gasteiger partial charge in [-0.3, -0.25) is 0 Å². The first-order valence-electron chi connectivity index (χ1n) is 7.34. The summed E-state index contributed by atoms with van der Waals surface area (Å²) in [5.41, 5.74) is 2.48. The molecule has 0 amide bonds. The summed E-state index contributed by atoms with van der Waals surface area (Å²) in [6.45, 7) is 4.37. The van der Waals surface area contributed by atoms with Crippen LogP contribution >= 0.6 is 11.6 Å². The van der Waals surface area contributed by atoms with E-state index in [-0.39, 0.29) is 0 Å². The molecule has 0 saturated carbocycles. The maximum absolute atomic E-state index is 6.50. The van der Waals surface area contributed by atoms with E-state index < -0.39 is 0 Å². The van der Waals surface area contributed by atoms with Crippen LogP contribution in [0.15, 0.2) is 6.07 Å². The van der Waals surface area contributed by atoms with Crippen molar-refractivity contribution in [1.29, 1.82) is 0 Å². The summed E-state index contributed by atoms with van der Waals surface area (Å²) in [5.74, 6) is 2.06. The van der Waals surface area contributed by atoms with Gasteiger partial charge in [0, 0.05) is 0 Å². The third-order valence-corrected chi connectivity index (χ3v) is 4.47. The van der Waals surface area contributed by atoms with Gasteiger partial charge in [-0.25, -0.2) is 0 Å². The zero-order valence-electron chi connectivity index (χ0n) is 12.6. The van der Waals surface area contributed by atoms with Gasteiger partial charge >= 0.3 is 0 Å². The van der Waals surface area contributed by atoms with Gasteiger partial charge in [-0.2, -0.15) is 0 Å². The largest absolute Gasteiger partial charge is 0.493 e. The standard InChI is InChI=1S/C16H24ClNO2/c1-4-13-12(8-11-6-5-7-18-10-11)9-14(19-2)16(20-3)15(13)17/h9,11,18H,4-8,10H2,1-3H3. The van der Waals surface area contributed by atoms with Crippen molar-refractivity contribution in [1.82, 2.24) is 5.32 Å². The Morgan fingerprint density at radius 1 is 1.35 bits per heavy atom. The molecular formula is C16H24ClNO2. The van der Waals surface area contributed by atoms with Gasteiger partial charge < -0.3 is 14.8 Å². The maximum Gasteiger partial charge on any atom is 0.179 e. The smallest absolute Gasteiger partial charge is 0.179 e. The number of nitrogens with one attached hydrogen (secondary N) is 1. The Morgan fingerprint density at radius 3 is 2.70 bits per heavy atom. The van der Waals surface area contributed by atoms with Crippen LogP contribution in [0.3, 0.4) is 0 Å². The van der Waals surface area contributed by atoms with Crippen LogP contribution in [0.2, 0.25) is 5.02 Å². The van der Waals surface area contributed by atoms with Crippen LogP contribution in [-0.2, 0) is 12.8 Å². The van der Waals surface area contributed by atoms with E-state index in [0.29, 0.717) is 16.7 Å². The quantitative estimate of drug-likeness (QED) is 0.903. The van der Waals surface area contributed by atoms with Gasteiger partial charge in [0.1, 0.15) is 0 Å². The summed E-state index contributed by atoms with van der Waals surface area (Å²) in [5, 5.41) is 4.17. The van der Waals surface area contributed by atoms with E-state index in [1.807, 2.05) is 0 Å². The molecule has 1 heterocycles. The number of piperidine rings is 1. The van der Waals surface area contributed by atoms with Crippen molar-refractivity contribution in [3.05, 3.63) is 22.2 Å². The molecule has 0 aromatic heterocycles. The van der Waals surface area contributed by atoms with E-state index in [9.17, 15) is 0 Å². The minimum absolute atomic E-state index is 0.650. The lowest BCUT2D eigenvalue weighted by Gasteiger charge is -2.25. The number of benzene rings is 1. The minimum Gasteiger partial charge on any atom is -0.493 e. The monoisotopic (exact) mass is 297 g/mol. The molecule has 0 aliphatic carbocycles. The third-order valence-electron chi connectivity index (χ3n) is 4.07. The summed E-state index contributed by atoms with van der Waals surface area (Å²) in [4.78, 5) is 0. The SMILES string of the molecule is CCc1c(CC2CCCNC2)cc(OC)c(OC)c1Cl. The van der Waals surface area contributed by atoms with Crippen molar-refractivity contribution in [2.75, 3.05) is 27.3 Å². The Morgan fingerprint density at radius 2 is 2.15 bits per heavy atom. The molecule has 1 aromatic rings. The minimum atomic E-state index is 0.650. The third kappa shape index (κ3) is 3.21. The van der Waals surface area contributed by atoms with Crippen molar-refractivity contribution in [3.8, 4) is 11.5 Å². The fourth-order valence-electron chi connectivity index (χ4n) is 3.01. The number of hydrogen-bond acceptors (Lipinski definition) is 3. The zero-order valence-corrected chi connectivity index (χ0v) is 13.3. The van der Waals surface area contributed by atoms with E-state index in [2.05, 4.69) is 18.3 Å². The molecule has 0 spiro atoms. The van der Waals surface area contributed by atoms with Gasteiger partial charge in [0.15, 0.2) is 11.5 Å². The van der Waals surface area contributed by atoms with Crippen LogP contribution in [-0.4, -0.2) is 27.3 Å². The lowest BCUT2D eigenvalue weighted by Crippen LogP contribution is -2.31. The highest BCUT2D eigenvalue weighted by Crippen LogP contribution is 2.40. The fraction of sp³-hybridized carbons (Fsp3) is 0.625. The van der Waals surface area contributed by atoms with Crippen molar-refractivity contribution in [2.24, 2.45) is 5.92 Å². The molecule has 1 aliphatic heterocycles. The molecule has 1 atom stereocenters. The molecule has 2 rings (SSSR count). The second-order valence-electron chi connectivity index (χ2n) is 5.33. The Hall–Kier alpha value is -0.930. The molecule has 0 radical (unpaired) electrons. The molecule has 0 bridgehead atoms. The van der Waals surface area contributed by atoms with Gasteiger partial charge in [0.05, 0.1) is 19.2 Å². The second-order valence-corrected chi connectivity index (χ2v) is 5.71. The average molecular weight is 298 g/mol. The Bertz CT molecular complexity index is 456. The molecule has 1 fully saturated rings. The van der Waals surface area contributed by atoms with E-state index in [1.165, 1.54) is 24.0 Å². The van der Waals surface area contributed by atoms with Crippen LogP contribution < -0.4 is 14.8 Å². The topological polar surface area (TPSA) is 30.5 Å². The number of hydrogen-bond donors (Lipinski definition) is 1. The molecule has 1 N–H and O–H groups in total. The summed E-state index contributed by atoms with van der Waals surface area (Å²) in [6.07, 6.45) is 4.50. The van der Waals surface area contributed by atoms with Crippen molar-refractivity contribution < 1.29 is 9.47 Å². The second kappa shape index (κ2) is 7.19. The molecular weight excluding hydrogens is 274 g/mol. The zero-order chi connectivity index (χ0) is 14.5. The maximum atomic E-state index is 6.50. The van der Waals surface area contributed by atoms with E-state index in [4.69, 9.17) is 21.1 Å². The van der Waals surface area contributed by atoms with Gasteiger partial charge in [0.2, 0.25) is 0 Å². The van der Waals surface area contributed by atoms with Crippen LogP contribution in [0, 0.1) is 5.92 Å². The average Bonchev–Trinajstić information content (AvgIpc) is 2.48. The summed E-state index contributed by atoms with van der Waals surface area (Å²) in [6, 6.07) is 2.10. The van der Waals surface area contributed by atoms with Crippen molar-refractivity contribution >= 4 is 11.6 Å². The Balaban J connectivity index is 2.32. The van der Waals surface area contributed by atoms with Crippen LogP contribution in [0.5, 0.6) is 11.5 Å². The van der Waals surface area contributed by atoms with E-state index >= 15 is 0 Å². The molecule has 4 heteroatoms. The van der Waals surface area contributed by atoms with Crippen molar-refractivity contribution in [3.63, 3.8) is 0 Å². The molecule has 1 unspecified atom stereocenters. The number of ether oxygens (including phenoxy) is 2. The summed E-state index contributed by atoms with van der Waals surface area (Å²) < 4.78 is 10.8. The van der Waals surface area contributed by atoms with Gasteiger partial charge in [-0.15, -0.1) is 0 Å². The first kappa shape index (κ1) is 15.5. The predicted molar refractivity (Wildman–Crippen MR) is 83.2 cm³/mol. The molecule has 3 nitrogen and oxygen atoms in total. The number of rotatable bonds is 5. The molecule has 1 aromatic carbocycles. The van der Waals surface area contributed by atoms with Gasteiger partial charge in [-0.05, 0) is 61.9 Å². The van der Waals surface area contributed by atoms with Crippen LogP contribution in [0.4, 0.5) is 0 Å². The first-order chi connectivity index (χ1) is 9.71. The highest BCUT2D eigenvalue weighted by molar-refractivity contribution is 6.33. The highest BCUT2D eigenvalue weighted by Gasteiger charge is 2.20. The Labute approximate surface area is 126 Å². The predicted octanol–water partition coefficient (Wildman–Crippen LogP) is 3.46.